The van der Waals surface area contributed by atoms with Crippen molar-refractivity contribution in [2.75, 3.05) is 18.1 Å². The highest BCUT2D eigenvalue weighted by Crippen LogP contribution is 2.21. The second-order valence-corrected chi connectivity index (χ2v) is 5.64. The molecule has 1 aliphatic rings. The van der Waals surface area contributed by atoms with Crippen molar-refractivity contribution in [1.82, 2.24) is 4.90 Å². The average Bonchev–Trinajstić information content (AvgIpc) is 2.34. The molecule has 17 heavy (non-hydrogen) atoms. The van der Waals surface area contributed by atoms with E-state index in [2.05, 4.69) is 11.8 Å². The first-order chi connectivity index (χ1) is 8.22. The fraction of sp³-hybridized carbons (Fsp3) is 0.538. The second-order valence-electron chi connectivity index (χ2n) is 4.49. The summed E-state index contributed by atoms with van der Waals surface area (Å²) in [6.07, 6.45) is 0. The molecule has 94 valence electrons. The van der Waals surface area contributed by atoms with Gasteiger partial charge in [0, 0.05) is 48.3 Å². The Morgan fingerprint density at radius 3 is 2.94 bits per heavy atom. The van der Waals surface area contributed by atoms with Gasteiger partial charge in [0.05, 0.1) is 0 Å². The van der Waals surface area contributed by atoms with Crippen molar-refractivity contribution in [1.29, 1.82) is 0 Å². The second kappa shape index (κ2) is 5.85. The maximum absolute atomic E-state index is 14.0. The first-order valence-electron chi connectivity index (χ1n) is 6.00. The minimum absolute atomic E-state index is 0.125. The summed E-state index contributed by atoms with van der Waals surface area (Å²) in [7, 11) is 0. The van der Waals surface area contributed by atoms with Gasteiger partial charge >= 0.3 is 0 Å². The van der Waals surface area contributed by atoms with Gasteiger partial charge in [0.1, 0.15) is 5.82 Å². The summed E-state index contributed by atoms with van der Waals surface area (Å²) in [5, 5.41) is 0. The number of hydrogen-bond acceptors (Lipinski definition) is 3. The molecule has 1 aromatic carbocycles. The zero-order valence-electron chi connectivity index (χ0n) is 10.2. The Balaban J connectivity index is 2.12. The lowest BCUT2D eigenvalue weighted by molar-refractivity contribution is 0.221. The minimum atomic E-state index is -0.125. The lowest BCUT2D eigenvalue weighted by Crippen LogP contribution is -2.39. The number of halogens is 1. The van der Waals surface area contributed by atoms with Crippen LogP contribution in [0.5, 0.6) is 0 Å². The molecule has 0 bridgehead atoms. The summed E-state index contributed by atoms with van der Waals surface area (Å²) in [6.45, 7) is 4.21. The van der Waals surface area contributed by atoms with E-state index >= 15 is 0 Å². The van der Waals surface area contributed by atoms with Crippen LogP contribution in [0.2, 0.25) is 0 Å². The van der Waals surface area contributed by atoms with E-state index in [-0.39, 0.29) is 12.4 Å². The van der Waals surface area contributed by atoms with E-state index in [0.29, 0.717) is 18.2 Å². The summed E-state index contributed by atoms with van der Waals surface area (Å²) in [6, 6.07) is 6.04. The van der Waals surface area contributed by atoms with Gasteiger partial charge in [0.25, 0.3) is 0 Å². The third-order valence-electron chi connectivity index (χ3n) is 3.26. The Morgan fingerprint density at radius 1 is 1.47 bits per heavy atom. The molecule has 1 saturated heterocycles. The molecular formula is C13H19FN2S. The molecule has 4 heteroatoms. The van der Waals surface area contributed by atoms with Crippen molar-refractivity contribution < 1.29 is 4.39 Å². The predicted octanol–water partition coefficient (Wildman–Crippen LogP) is 2.22. The average molecular weight is 254 g/mol. The molecule has 0 aromatic heterocycles. The summed E-state index contributed by atoms with van der Waals surface area (Å²) in [5.74, 6) is 2.15. The molecule has 0 aliphatic carbocycles. The molecular weight excluding hydrogens is 235 g/mol. The molecule has 1 fully saturated rings. The van der Waals surface area contributed by atoms with Crippen molar-refractivity contribution in [2.24, 2.45) is 5.73 Å². The molecule has 1 atom stereocenters. The van der Waals surface area contributed by atoms with Gasteiger partial charge in [-0.15, -0.1) is 0 Å². The van der Waals surface area contributed by atoms with Crippen molar-refractivity contribution in [3.8, 4) is 0 Å². The first-order valence-corrected chi connectivity index (χ1v) is 7.16. The lowest BCUT2D eigenvalue weighted by Gasteiger charge is -2.33. The Bertz CT molecular complexity index is 384. The SMILES string of the molecule is CC1CSCCN1Cc1cccc(CN)c1F. The standard InChI is InChI=1S/C13H19FN2S/c1-10-9-17-6-5-16(10)8-12-4-2-3-11(7-15)13(12)14/h2-4,10H,5-9,15H2,1H3. The largest absolute Gasteiger partial charge is 0.326 e. The molecule has 2 N–H and O–H groups in total. The zero-order valence-corrected chi connectivity index (χ0v) is 11.0. The third-order valence-corrected chi connectivity index (χ3v) is 4.45. The molecule has 2 rings (SSSR count). The van der Waals surface area contributed by atoms with Crippen LogP contribution in [0, 0.1) is 5.82 Å². The summed E-state index contributed by atoms with van der Waals surface area (Å²) in [5.41, 5.74) is 6.91. The molecule has 1 aromatic rings. The molecule has 1 heterocycles. The Labute approximate surface area is 106 Å². The fourth-order valence-electron chi connectivity index (χ4n) is 2.13. The van der Waals surface area contributed by atoms with Crippen LogP contribution in [0.1, 0.15) is 18.1 Å². The number of nitrogens with two attached hydrogens (primary N) is 1. The predicted molar refractivity (Wildman–Crippen MR) is 71.5 cm³/mol. The van der Waals surface area contributed by atoms with E-state index in [1.54, 1.807) is 6.07 Å². The molecule has 0 spiro atoms. The first kappa shape index (κ1) is 12.9. The van der Waals surface area contributed by atoms with E-state index in [0.717, 1.165) is 23.6 Å². The Morgan fingerprint density at radius 2 is 2.24 bits per heavy atom. The molecule has 0 saturated carbocycles. The van der Waals surface area contributed by atoms with Crippen LogP contribution in [0.3, 0.4) is 0 Å². The maximum Gasteiger partial charge on any atom is 0.132 e. The minimum Gasteiger partial charge on any atom is -0.326 e. The summed E-state index contributed by atoms with van der Waals surface area (Å²) in [4.78, 5) is 2.34. The summed E-state index contributed by atoms with van der Waals surface area (Å²) < 4.78 is 14.0. The molecule has 2 nitrogen and oxygen atoms in total. The highest BCUT2D eigenvalue weighted by atomic mass is 32.2. The molecule has 0 radical (unpaired) electrons. The smallest absolute Gasteiger partial charge is 0.132 e. The highest BCUT2D eigenvalue weighted by Gasteiger charge is 2.20. The van der Waals surface area contributed by atoms with Crippen molar-refractivity contribution >= 4 is 11.8 Å². The van der Waals surface area contributed by atoms with Crippen LogP contribution in [0.25, 0.3) is 0 Å². The number of nitrogens with zero attached hydrogens (tertiary/aromatic N) is 1. The highest BCUT2D eigenvalue weighted by molar-refractivity contribution is 7.99. The quantitative estimate of drug-likeness (QED) is 0.897. The molecule has 0 amide bonds. The molecule has 1 unspecified atom stereocenters. The zero-order chi connectivity index (χ0) is 12.3. The van der Waals surface area contributed by atoms with Crippen LogP contribution in [0.15, 0.2) is 18.2 Å². The lowest BCUT2D eigenvalue weighted by atomic mass is 10.1. The van der Waals surface area contributed by atoms with Crippen LogP contribution in [-0.4, -0.2) is 29.0 Å². The molecule has 1 aliphatic heterocycles. The van der Waals surface area contributed by atoms with Crippen LogP contribution in [0.4, 0.5) is 4.39 Å². The van der Waals surface area contributed by atoms with Crippen molar-refractivity contribution in [3.63, 3.8) is 0 Å². The Hall–Kier alpha value is -0.580. The van der Waals surface area contributed by atoms with E-state index in [1.807, 2.05) is 23.9 Å². The maximum atomic E-state index is 14.0. The number of rotatable bonds is 3. The van der Waals surface area contributed by atoms with Gasteiger partial charge in [-0.25, -0.2) is 4.39 Å². The van der Waals surface area contributed by atoms with E-state index in [9.17, 15) is 4.39 Å². The topological polar surface area (TPSA) is 29.3 Å². The van der Waals surface area contributed by atoms with E-state index in [4.69, 9.17) is 5.73 Å². The van der Waals surface area contributed by atoms with E-state index in [1.165, 1.54) is 0 Å². The third kappa shape index (κ3) is 3.00. The van der Waals surface area contributed by atoms with Gasteiger partial charge < -0.3 is 5.73 Å². The number of thioether (sulfide) groups is 1. The van der Waals surface area contributed by atoms with Crippen molar-refractivity contribution in [2.45, 2.75) is 26.1 Å². The normalized spacial score (nSPS) is 21.7. The van der Waals surface area contributed by atoms with Gasteiger partial charge in [-0.3, -0.25) is 4.90 Å². The number of benzene rings is 1. The van der Waals surface area contributed by atoms with Gasteiger partial charge in [0.2, 0.25) is 0 Å². The van der Waals surface area contributed by atoms with Gasteiger partial charge in [-0.2, -0.15) is 11.8 Å². The number of hydrogen-bond donors (Lipinski definition) is 1. The van der Waals surface area contributed by atoms with E-state index < -0.39 is 0 Å². The summed E-state index contributed by atoms with van der Waals surface area (Å²) >= 11 is 1.97. The Kier molecular flexibility index (Phi) is 4.42. The van der Waals surface area contributed by atoms with Crippen LogP contribution in [-0.2, 0) is 13.1 Å². The van der Waals surface area contributed by atoms with Crippen LogP contribution >= 0.6 is 11.8 Å². The van der Waals surface area contributed by atoms with Crippen LogP contribution < -0.4 is 5.73 Å². The van der Waals surface area contributed by atoms with Gasteiger partial charge in [-0.1, -0.05) is 18.2 Å². The van der Waals surface area contributed by atoms with Crippen molar-refractivity contribution in [3.05, 3.63) is 35.1 Å². The van der Waals surface area contributed by atoms with Gasteiger partial charge in [-0.05, 0) is 6.92 Å². The fourth-order valence-corrected chi connectivity index (χ4v) is 3.21. The van der Waals surface area contributed by atoms with Gasteiger partial charge in [0.15, 0.2) is 0 Å². The monoisotopic (exact) mass is 254 g/mol.